The van der Waals surface area contributed by atoms with Gasteiger partial charge in [-0.1, -0.05) is 6.07 Å². The van der Waals surface area contributed by atoms with E-state index in [4.69, 9.17) is 16.3 Å². The number of ether oxygens (including phenoxy) is 1. The Bertz CT molecular complexity index is 734. The molecule has 140 valence electrons. The number of fused-ring (bicyclic) bond motifs is 1. The van der Waals surface area contributed by atoms with Gasteiger partial charge in [-0.05, 0) is 43.5 Å². The van der Waals surface area contributed by atoms with E-state index in [1.165, 1.54) is 4.31 Å². The van der Waals surface area contributed by atoms with Crippen molar-refractivity contribution >= 4 is 27.5 Å². The Morgan fingerprint density at radius 2 is 2.08 bits per heavy atom. The maximum Gasteiger partial charge on any atom is 0.226 e. The molecule has 1 amide bonds. The Morgan fingerprint density at radius 3 is 2.72 bits per heavy atom. The van der Waals surface area contributed by atoms with Gasteiger partial charge in [-0.2, -0.15) is 4.31 Å². The molecule has 0 saturated heterocycles. The number of rotatable bonds is 7. The topological polar surface area (TPSA) is 75.7 Å². The lowest BCUT2D eigenvalue weighted by atomic mass is 9.95. The van der Waals surface area contributed by atoms with Crippen molar-refractivity contribution in [2.45, 2.75) is 26.8 Å². The van der Waals surface area contributed by atoms with Crippen molar-refractivity contribution < 1.29 is 17.9 Å². The molecule has 6 nitrogen and oxygen atoms in total. The molecule has 1 aromatic carbocycles. The van der Waals surface area contributed by atoms with Crippen LogP contribution in [0.15, 0.2) is 18.2 Å². The van der Waals surface area contributed by atoms with Crippen molar-refractivity contribution in [3.05, 3.63) is 29.3 Å². The van der Waals surface area contributed by atoms with Crippen LogP contribution in [-0.4, -0.2) is 50.5 Å². The molecule has 0 atom stereocenters. The zero-order chi connectivity index (χ0) is 18.7. The van der Waals surface area contributed by atoms with Gasteiger partial charge < -0.3 is 10.1 Å². The van der Waals surface area contributed by atoms with E-state index in [-0.39, 0.29) is 24.1 Å². The first-order valence-corrected chi connectivity index (χ1v) is 10.3. The molecule has 0 fully saturated rings. The standard InChI is InChI=1S/C17H25ClN2O4S/c1-17(2,12-18)16(21)19-7-9-25(22,23)20-8-6-13-10-15(24-3)5-4-14(13)11-20/h4-5,10H,6-9,11-12H2,1-3H3,(H,19,21). The molecule has 0 saturated carbocycles. The van der Waals surface area contributed by atoms with Crippen LogP contribution in [0.25, 0.3) is 0 Å². The quantitative estimate of drug-likeness (QED) is 0.722. The number of carbonyl (C=O) groups is 1. The summed E-state index contributed by atoms with van der Waals surface area (Å²) in [5.41, 5.74) is 1.39. The van der Waals surface area contributed by atoms with E-state index in [0.717, 1.165) is 16.9 Å². The number of halogens is 1. The van der Waals surface area contributed by atoms with Gasteiger partial charge in [-0.25, -0.2) is 8.42 Å². The summed E-state index contributed by atoms with van der Waals surface area (Å²) in [7, 11) is -1.82. The molecule has 0 aliphatic carbocycles. The van der Waals surface area contributed by atoms with Crippen LogP contribution in [-0.2, 0) is 27.8 Å². The predicted molar refractivity (Wildman–Crippen MR) is 98.4 cm³/mol. The van der Waals surface area contributed by atoms with Gasteiger partial charge in [0.15, 0.2) is 0 Å². The van der Waals surface area contributed by atoms with E-state index in [0.29, 0.717) is 19.5 Å². The summed E-state index contributed by atoms with van der Waals surface area (Å²) in [6.45, 7) is 4.30. The molecule has 1 N–H and O–H groups in total. The van der Waals surface area contributed by atoms with E-state index in [9.17, 15) is 13.2 Å². The number of amides is 1. The maximum atomic E-state index is 12.5. The van der Waals surface area contributed by atoms with Gasteiger partial charge in [0.05, 0.1) is 18.3 Å². The second-order valence-corrected chi connectivity index (χ2v) is 9.16. The van der Waals surface area contributed by atoms with Crippen LogP contribution in [0.1, 0.15) is 25.0 Å². The van der Waals surface area contributed by atoms with Gasteiger partial charge in [0.25, 0.3) is 0 Å². The lowest BCUT2D eigenvalue weighted by molar-refractivity contribution is -0.128. The summed E-state index contributed by atoms with van der Waals surface area (Å²) in [6.07, 6.45) is 0.650. The number of carbonyl (C=O) groups excluding carboxylic acids is 1. The highest BCUT2D eigenvalue weighted by atomic mass is 35.5. The Balaban J connectivity index is 1.95. The molecule has 1 aliphatic rings. The summed E-state index contributed by atoms with van der Waals surface area (Å²) in [5, 5.41) is 2.66. The Labute approximate surface area is 154 Å². The largest absolute Gasteiger partial charge is 0.497 e. The lowest BCUT2D eigenvalue weighted by Gasteiger charge is -2.28. The highest BCUT2D eigenvalue weighted by Gasteiger charge is 2.29. The zero-order valence-electron chi connectivity index (χ0n) is 14.8. The summed E-state index contributed by atoms with van der Waals surface area (Å²) >= 11 is 5.75. The third-order valence-electron chi connectivity index (χ3n) is 4.38. The van der Waals surface area contributed by atoms with Gasteiger partial charge in [-0.3, -0.25) is 4.79 Å². The normalized spacial score (nSPS) is 15.5. The number of hydrogen-bond acceptors (Lipinski definition) is 4. The molecule has 0 spiro atoms. The van der Waals surface area contributed by atoms with Crippen LogP contribution < -0.4 is 10.1 Å². The molecule has 0 bridgehead atoms. The summed E-state index contributed by atoms with van der Waals surface area (Å²) in [4.78, 5) is 12.0. The Hall–Kier alpha value is -1.31. The second-order valence-electron chi connectivity index (χ2n) is 6.81. The summed E-state index contributed by atoms with van der Waals surface area (Å²) < 4.78 is 31.8. The molecule has 0 aromatic heterocycles. The Morgan fingerprint density at radius 1 is 1.36 bits per heavy atom. The molecule has 1 aliphatic heterocycles. The summed E-state index contributed by atoms with van der Waals surface area (Å²) in [6, 6.07) is 5.69. The minimum atomic E-state index is -3.44. The fourth-order valence-corrected chi connectivity index (χ4v) is 4.04. The monoisotopic (exact) mass is 388 g/mol. The average molecular weight is 389 g/mol. The number of methoxy groups -OCH3 is 1. The van der Waals surface area contributed by atoms with Crippen LogP contribution in [0.4, 0.5) is 0 Å². The van der Waals surface area contributed by atoms with Crippen molar-refractivity contribution in [1.29, 1.82) is 0 Å². The lowest BCUT2D eigenvalue weighted by Crippen LogP contribution is -2.43. The van der Waals surface area contributed by atoms with Crippen LogP contribution >= 0.6 is 11.6 Å². The first-order chi connectivity index (χ1) is 11.7. The SMILES string of the molecule is COc1ccc2c(c1)CCN(S(=O)(=O)CCNC(=O)C(C)(C)CCl)C2. The molecule has 1 aromatic rings. The Kier molecular flexibility index (Phi) is 6.35. The van der Waals surface area contributed by atoms with Crippen molar-refractivity contribution in [3.8, 4) is 5.75 Å². The highest BCUT2D eigenvalue weighted by molar-refractivity contribution is 7.89. The minimum Gasteiger partial charge on any atom is -0.497 e. The maximum absolute atomic E-state index is 12.5. The van der Waals surface area contributed by atoms with Gasteiger partial charge in [0, 0.05) is 25.5 Å². The van der Waals surface area contributed by atoms with Crippen molar-refractivity contribution in [2.24, 2.45) is 5.41 Å². The third-order valence-corrected chi connectivity index (χ3v) is 6.87. The van der Waals surface area contributed by atoms with Gasteiger partial charge >= 0.3 is 0 Å². The second kappa shape index (κ2) is 7.93. The van der Waals surface area contributed by atoms with Crippen molar-refractivity contribution in [1.82, 2.24) is 9.62 Å². The van der Waals surface area contributed by atoms with E-state index in [1.54, 1.807) is 21.0 Å². The molecule has 25 heavy (non-hydrogen) atoms. The van der Waals surface area contributed by atoms with Crippen LogP contribution in [0.2, 0.25) is 0 Å². The van der Waals surface area contributed by atoms with Gasteiger partial charge in [-0.15, -0.1) is 11.6 Å². The fourth-order valence-electron chi connectivity index (χ4n) is 2.59. The number of alkyl halides is 1. The molecule has 8 heteroatoms. The average Bonchev–Trinajstić information content (AvgIpc) is 2.60. The predicted octanol–water partition coefficient (Wildman–Crippen LogP) is 1.76. The zero-order valence-corrected chi connectivity index (χ0v) is 16.4. The fraction of sp³-hybridized carbons (Fsp3) is 0.588. The van der Waals surface area contributed by atoms with Crippen LogP contribution in [0, 0.1) is 5.41 Å². The highest BCUT2D eigenvalue weighted by Crippen LogP contribution is 2.25. The number of sulfonamides is 1. The molecule has 2 rings (SSSR count). The first kappa shape index (κ1) is 20.0. The van der Waals surface area contributed by atoms with Crippen LogP contribution in [0.3, 0.4) is 0 Å². The number of nitrogens with one attached hydrogen (secondary N) is 1. The van der Waals surface area contributed by atoms with E-state index in [1.807, 2.05) is 18.2 Å². The molecular weight excluding hydrogens is 364 g/mol. The molecule has 1 heterocycles. The minimum absolute atomic E-state index is 0.0768. The number of nitrogens with zero attached hydrogens (tertiary/aromatic N) is 1. The molecule has 0 radical (unpaired) electrons. The molecular formula is C17H25ClN2O4S. The van der Waals surface area contributed by atoms with Gasteiger partial charge in [0.2, 0.25) is 15.9 Å². The van der Waals surface area contributed by atoms with E-state index < -0.39 is 15.4 Å². The van der Waals surface area contributed by atoms with E-state index >= 15 is 0 Å². The number of benzene rings is 1. The molecule has 0 unspecified atom stereocenters. The number of hydrogen-bond donors (Lipinski definition) is 1. The van der Waals surface area contributed by atoms with Crippen LogP contribution in [0.5, 0.6) is 5.75 Å². The van der Waals surface area contributed by atoms with Crippen molar-refractivity contribution in [3.63, 3.8) is 0 Å². The first-order valence-electron chi connectivity index (χ1n) is 8.17. The smallest absolute Gasteiger partial charge is 0.226 e. The van der Waals surface area contributed by atoms with Crippen molar-refractivity contribution in [2.75, 3.05) is 31.8 Å². The third kappa shape index (κ3) is 4.86. The van der Waals surface area contributed by atoms with E-state index in [2.05, 4.69) is 5.32 Å². The van der Waals surface area contributed by atoms with Gasteiger partial charge in [0.1, 0.15) is 5.75 Å². The summed E-state index contributed by atoms with van der Waals surface area (Å²) in [5.74, 6) is 0.592.